The lowest BCUT2D eigenvalue weighted by Crippen LogP contribution is -2.19. The molecule has 116 valence electrons. The summed E-state index contributed by atoms with van der Waals surface area (Å²) in [5.41, 5.74) is 7.60. The topological polar surface area (TPSA) is 58.7 Å². The van der Waals surface area contributed by atoms with Crippen molar-refractivity contribution in [3.63, 3.8) is 0 Å². The minimum absolute atomic E-state index is 0.276. The molecule has 3 N–H and O–H groups in total. The van der Waals surface area contributed by atoms with E-state index in [4.69, 9.17) is 15.6 Å². The summed E-state index contributed by atoms with van der Waals surface area (Å²) in [4.78, 5) is 2.26. The van der Waals surface area contributed by atoms with Gasteiger partial charge in [0.1, 0.15) is 5.75 Å². The first-order valence-corrected chi connectivity index (χ1v) is 7.36. The van der Waals surface area contributed by atoms with E-state index < -0.39 is 0 Å². The van der Waals surface area contributed by atoms with Crippen LogP contribution in [0.5, 0.6) is 5.75 Å². The number of nitrogens with two attached hydrogens (primary N) is 1. The van der Waals surface area contributed by atoms with Crippen molar-refractivity contribution in [1.82, 2.24) is 4.90 Å². The number of methoxy groups -OCH3 is 1. The Morgan fingerprint density at radius 3 is 2.76 bits per heavy atom. The Morgan fingerprint density at radius 1 is 1.29 bits per heavy atom. The van der Waals surface area contributed by atoms with Crippen molar-refractivity contribution < 1.29 is 9.84 Å². The zero-order valence-electron chi connectivity index (χ0n) is 13.1. The van der Waals surface area contributed by atoms with Crippen LogP contribution in [0.25, 0.3) is 0 Å². The molecule has 0 atom stereocenters. The summed E-state index contributed by atoms with van der Waals surface area (Å²) < 4.78 is 5.29. The van der Waals surface area contributed by atoms with Crippen molar-refractivity contribution in [3.05, 3.63) is 29.3 Å². The Hall–Kier alpha value is -1.54. The highest BCUT2D eigenvalue weighted by Gasteiger charge is 2.06. The minimum atomic E-state index is 0.276. The van der Waals surface area contributed by atoms with E-state index in [-0.39, 0.29) is 6.61 Å². The van der Waals surface area contributed by atoms with Crippen LogP contribution in [0.3, 0.4) is 0 Å². The van der Waals surface area contributed by atoms with Crippen LogP contribution in [-0.4, -0.2) is 43.9 Å². The van der Waals surface area contributed by atoms with Crippen molar-refractivity contribution in [2.45, 2.75) is 25.8 Å². The number of rotatable bonds is 8. The average molecular weight is 290 g/mol. The number of aliphatic hydroxyl groups is 1. The average Bonchev–Trinajstić information content (AvgIpc) is 2.50. The molecule has 0 amide bonds. The van der Waals surface area contributed by atoms with Gasteiger partial charge < -0.3 is 20.5 Å². The minimum Gasteiger partial charge on any atom is -0.497 e. The third-order valence-corrected chi connectivity index (χ3v) is 3.28. The molecule has 21 heavy (non-hydrogen) atoms. The van der Waals surface area contributed by atoms with Gasteiger partial charge in [-0.05, 0) is 56.6 Å². The van der Waals surface area contributed by atoms with Crippen molar-refractivity contribution >= 4 is 0 Å². The molecule has 4 heteroatoms. The van der Waals surface area contributed by atoms with Gasteiger partial charge in [-0.3, -0.25) is 0 Å². The molecule has 0 saturated heterocycles. The van der Waals surface area contributed by atoms with Gasteiger partial charge in [-0.2, -0.15) is 0 Å². The van der Waals surface area contributed by atoms with Crippen LogP contribution in [0.15, 0.2) is 18.2 Å². The van der Waals surface area contributed by atoms with Gasteiger partial charge in [0.2, 0.25) is 0 Å². The van der Waals surface area contributed by atoms with E-state index >= 15 is 0 Å². The summed E-state index contributed by atoms with van der Waals surface area (Å²) in [6, 6.07) is 5.94. The predicted molar refractivity (Wildman–Crippen MR) is 86.2 cm³/mol. The van der Waals surface area contributed by atoms with Crippen LogP contribution in [0.2, 0.25) is 0 Å². The number of benzene rings is 1. The fraction of sp³-hybridized carbons (Fsp3) is 0.529. The Balaban J connectivity index is 2.69. The van der Waals surface area contributed by atoms with E-state index in [0.29, 0.717) is 6.54 Å². The fourth-order valence-corrected chi connectivity index (χ4v) is 2.14. The van der Waals surface area contributed by atoms with Gasteiger partial charge >= 0.3 is 0 Å². The van der Waals surface area contributed by atoms with Gasteiger partial charge in [-0.25, -0.2) is 0 Å². The molecule has 0 spiro atoms. The second-order valence-corrected chi connectivity index (χ2v) is 5.05. The molecule has 0 heterocycles. The molecule has 0 saturated carbocycles. The molecule has 0 bridgehead atoms. The molecular weight excluding hydrogens is 264 g/mol. The summed E-state index contributed by atoms with van der Waals surface area (Å²) in [6.07, 6.45) is 3.02. The lowest BCUT2D eigenvalue weighted by atomic mass is 10.1. The standard InChI is InChI=1S/C17H26N2O2/c1-19(11-4-3-5-12-20)14-16-13-17(21-2)9-8-15(16)7-6-10-18/h8-9,13,20H,3-5,10-12,14,18H2,1-2H3. The largest absolute Gasteiger partial charge is 0.497 e. The maximum atomic E-state index is 8.79. The first-order chi connectivity index (χ1) is 10.2. The Morgan fingerprint density at radius 2 is 2.10 bits per heavy atom. The molecule has 0 aliphatic carbocycles. The third-order valence-electron chi connectivity index (χ3n) is 3.28. The highest BCUT2D eigenvalue weighted by Crippen LogP contribution is 2.18. The predicted octanol–water partition coefficient (Wildman–Crippen LogP) is 1.60. The normalized spacial score (nSPS) is 10.3. The van der Waals surface area contributed by atoms with E-state index in [9.17, 15) is 0 Å². The van der Waals surface area contributed by atoms with E-state index in [1.54, 1.807) is 7.11 Å². The molecule has 1 aromatic rings. The molecule has 4 nitrogen and oxygen atoms in total. The van der Waals surface area contributed by atoms with Crippen molar-refractivity contribution in [2.75, 3.05) is 33.9 Å². The van der Waals surface area contributed by atoms with E-state index in [1.165, 1.54) is 0 Å². The zero-order chi connectivity index (χ0) is 15.5. The molecular formula is C17H26N2O2. The molecule has 0 unspecified atom stereocenters. The van der Waals surface area contributed by atoms with E-state index in [2.05, 4.69) is 23.8 Å². The summed E-state index contributed by atoms with van der Waals surface area (Å²) in [7, 11) is 3.77. The molecule has 0 aliphatic heterocycles. The Bertz CT molecular complexity index is 477. The second-order valence-electron chi connectivity index (χ2n) is 5.05. The number of aliphatic hydroxyl groups excluding tert-OH is 1. The number of unbranched alkanes of at least 4 members (excludes halogenated alkanes) is 2. The molecule has 0 aliphatic rings. The van der Waals surface area contributed by atoms with Gasteiger partial charge in [0.25, 0.3) is 0 Å². The molecule has 0 aromatic heterocycles. The number of hydrogen-bond acceptors (Lipinski definition) is 4. The second kappa shape index (κ2) is 10.2. The molecule has 0 fully saturated rings. The highest BCUT2D eigenvalue weighted by molar-refractivity contribution is 5.45. The maximum Gasteiger partial charge on any atom is 0.119 e. The highest BCUT2D eigenvalue weighted by atomic mass is 16.5. The van der Waals surface area contributed by atoms with Crippen molar-refractivity contribution in [2.24, 2.45) is 5.73 Å². The van der Waals surface area contributed by atoms with E-state index in [0.717, 1.165) is 49.2 Å². The van der Waals surface area contributed by atoms with Crippen LogP contribution in [0, 0.1) is 11.8 Å². The van der Waals surface area contributed by atoms with Crippen LogP contribution in [-0.2, 0) is 6.54 Å². The first-order valence-electron chi connectivity index (χ1n) is 7.36. The number of ether oxygens (including phenoxy) is 1. The number of hydrogen-bond donors (Lipinski definition) is 2. The smallest absolute Gasteiger partial charge is 0.119 e. The molecule has 1 aromatic carbocycles. The summed E-state index contributed by atoms with van der Waals surface area (Å²) >= 11 is 0. The molecule has 0 radical (unpaired) electrons. The lowest BCUT2D eigenvalue weighted by molar-refractivity contribution is 0.271. The lowest BCUT2D eigenvalue weighted by Gasteiger charge is -2.18. The number of nitrogens with zero attached hydrogens (tertiary/aromatic N) is 1. The summed E-state index contributed by atoms with van der Waals surface area (Å²) in [6.45, 7) is 2.47. The van der Waals surface area contributed by atoms with Gasteiger partial charge in [0, 0.05) is 18.7 Å². The Kier molecular flexibility index (Phi) is 8.53. The van der Waals surface area contributed by atoms with Gasteiger partial charge in [0.05, 0.1) is 13.7 Å². The van der Waals surface area contributed by atoms with Gasteiger partial charge in [-0.1, -0.05) is 11.8 Å². The van der Waals surface area contributed by atoms with Gasteiger partial charge in [-0.15, -0.1) is 0 Å². The fourth-order valence-electron chi connectivity index (χ4n) is 2.14. The van der Waals surface area contributed by atoms with Gasteiger partial charge in [0.15, 0.2) is 0 Å². The summed E-state index contributed by atoms with van der Waals surface area (Å²) in [5, 5.41) is 8.79. The van der Waals surface area contributed by atoms with Crippen molar-refractivity contribution in [3.8, 4) is 17.6 Å². The maximum absolute atomic E-state index is 8.79. The van der Waals surface area contributed by atoms with Crippen molar-refractivity contribution in [1.29, 1.82) is 0 Å². The van der Waals surface area contributed by atoms with Crippen LogP contribution in [0.1, 0.15) is 30.4 Å². The zero-order valence-corrected chi connectivity index (χ0v) is 13.1. The monoisotopic (exact) mass is 290 g/mol. The first kappa shape index (κ1) is 17.5. The van der Waals surface area contributed by atoms with E-state index in [1.807, 2.05) is 18.2 Å². The quantitative estimate of drug-likeness (QED) is 0.564. The summed E-state index contributed by atoms with van der Waals surface area (Å²) in [5.74, 6) is 6.87. The van der Waals surface area contributed by atoms with Crippen LogP contribution >= 0.6 is 0 Å². The SMILES string of the molecule is COc1ccc(C#CCN)c(CN(C)CCCCCO)c1. The Labute approximate surface area is 127 Å². The molecule has 1 rings (SSSR count). The van der Waals surface area contributed by atoms with Crippen LogP contribution < -0.4 is 10.5 Å². The van der Waals surface area contributed by atoms with Crippen LogP contribution in [0.4, 0.5) is 0 Å². The third kappa shape index (κ3) is 6.63.